The molecule has 0 aliphatic heterocycles. The molecular formula is C16H21F3N2O2. The average molecular weight is 330 g/mol. The van der Waals surface area contributed by atoms with Gasteiger partial charge in [0.25, 0.3) is 0 Å². The van der Waals surface area contributed by atoms with E-state index in [0.29, 0.717) is 12.8 Å². The van der Waals surface area contributed by atoms with E-state index in [1.54, 1.807) is 13.1 Å². The van der Waals surface area contributed by atoms with Crippen molar-refractivity contribution in [2.24, 2.45) is 0 Å². The SMILES string of the molecule is CN(CCO)C(=O)N[C@@H]1CCC[C@H]1c1ccccc1C(F)(F)F. The predicted molar refractivity (Wildman–Crippen MR) is 80.1 cm³/mol. The number of benzene rings is 1. The lowest BCUT2D eigenvalue weighted by Crippen LogP contribution is -2.45. The molecule has 0 saturated heterocycles. The number of halogens is 3. The summed E-state index contributed by atoms with van der Waals surface area (Å²) in [5.41, 5.74) is -0.387. The van der Waals surface area contributed by atoms with Crippen LogP contribution >= 0.6 is 0 Å². The molecule has 23 heavy (non-hydrogen) atoms. The maximum atomic E-state index is 13.2. The third-order valence-electron chi connectivity index (χ3n) is 4.27. The zero-order valence-electron chi connectivity index (χ0n) is 12.9. The summed E-state index contributed by atoms with van der Waals surface area (Å²) in [4.78, 5) is 13.4. The molecule has 0 radical (unpaired) electrons. The van der Waals surface area contributed by atoms with Gasteiger partial charge in [-0.3, -0.25) is 0 Å². The Morgan fingerprint density at radius 1 is 1.35 bits per heavy atom. The quantitative estimate of drug-likeness (QED) is 0.892. The van der Waals surface area contributed by atoms with E-state index in [-0.39, 0.29) is 36.7 Å². The molecule has 0 heterocycles. The van der Waals surface area contributed by atoms with Crippen molar-refractivity contribution in [3.8, 4) is 0 Å². The van der Waals surface area contributed by atoms with E-state index < -0.39 is 11.7 Å². The number of nitrogens with one attached hydrogen (secondary N) is 1. The molecule has 0 aromatic heterocycles. The molecule has 2 atom stereocenters. The maximum Gasteiger partial charge on any atom is 0.416 e. The predicted octanol–water partition coefficient (Wildman–Crippen LogP) is 2.98. The minimum atomic E-state index is -4.40. The lowest BCUT2D eigenvalue weighted by atomic mass is 9.90. The van der Waals surface area contributed by atoms with Crippen LogP contribution in [-0.4, -0.2) is 42.3 Å². The largest absolute Gasteiger partial charge is 0.416 e. The molecule has 1 fully saturated rings. The van der Waals surface area contributed by atoms with Crippen LogP contribution in [0, 0.1) is 0 Å². The van der Waals surface area contributed by atoms with E-state index in [1.165, 1.54) is 17.0 Å². The summed E-state index contributed by atoms with van der Waals surface area (Å²) >= 11 is 0. The second-order valence-corrected chi connectivity index (χ2v) is 5.82. The fraction of sp³-hybridized carbons (Fsp3) is 0.562. The Hall–Kier alpha value is -1.76. The molecule has 7 heteroatoms. The summed E-state index contributed by atoms with van der Waals surface area (Å²) in [6.07, 6.45) is -2.37. The van der Waals surface area contributed by atoms with Gasteiger partial charge in [-0.05, 0) is 24.5 Å². The number of amides is 2. The van der Waals surface area contributed by atoms with E-state index >= 15 is 0 Å². The second-order valence-electron chi connectivity index (χ2n) is 5.82. The number of hydrogen-bond donors (Lipinski definition) is 2. The number of rotatable bonds is 4. The van der Waals surface area contributed by atoms with Crippen LogP contribution in [0.5, 0.6) is 0 Å². The molecule has 1 aliphatic rings. The number of carbonyl (C=O) groups is 1. The lowest BCUT2D eigenvalue weighted by molar-refractivity contribution is -0.138. The van der Waals surface area contributed by atoms with Gasteiger partial charge < -0.3 is 15.3 Å². The van der Waals surface area contributed by atoms with E-state index in [4.69, 9.17) is 5.11 Å². The highest BCUT2D eigenvalue weighted by Gasteiger charge is 2.38. The van der Waals surface area contributed by atoms with E-state index in [1.807, 2.05) is 0 Å². The summed E-state index contributed by atoms with van der Waals surface area (Å²) in [6, 6.07) is 4.86. The zero-order valence-corrected chi connectivity index (χ0v) is 12.9. The van der Waals surface area contributed by atoms with Crippen LogP contribution < -0.4 is 5.32 Å². The Balaban J connectivity index is 2.18. The lowest BCUT2D eigenvalue weighted by Gasteiger charge is -2.26. The zero-order chi connectivity index (χ0) is 17.0. The Kier molecular flexibility index (Phi) is 5.51. The Morgan fingerprint density at radius 2 is 2.04 bits per heavy atom. The van der Waals surface area contributed by atoms with Crippen molar-refractivity contribution in [2.75, 3.05) is 20.2 Å². The Labute approximate surface area is 133 Å². The van der Waals surface area contributed by atoms with Crippen molar-refractivity contribution in [3.05, 3.63) is 35.4 Å². The van der Waals surface area contributed by atoms with Crippen molar-refractivity contribution < 1.29 is 23.1 Å². The summed E-state index contributed by atoms with van der Waals surface area (Å²) in [5, 5.41) is 11.7. The fourth-order valence-corrected chi connectivity index (χ4v) is 3.10. The van der Waals surface area contributed by atoms with Gasteiger partial charge in [-0.1, -0.05) is 24.6 Å². The molecule has 0 unspecified atom stereocenters. The van der Waals surface area contributed by atoms with Gasteiger partial charge in [0.05, 0.1) is 12.2 Å². The first-order chi connectivity index (χ1) is 10.8. The molecule has 1 saturated carbocycles. The molecule has 1 aliphatic carbocycles. The number of aliphatic hydroxyl groups excluding tert-OH is 1. The van der Waals surface area contributed by atoms with Crippen LogP contribution in [0.4, 0.5) is 18.0 Å². The smallest absolute Gasteiger partial charge is 0.395 e. The van der Waals surface area contributed by atoms with E-state index in [9.17, 15) is 18.0 Å². The molecule has 2 rings (SSSR count). The normalized spacial score (nSPS) is 21.3. The standard InChI is InChI=1S/C16H21F3N2O2/c1-21(9-10-22)15(23)20-14-8-4-6-12(14)11-5-2-3-7-13(11)16(17,18)19/h2-3,5,7,12,14,22H,4,6,8-10H2,1H3,(H,20,23)/t12-,14+/m0/s1. The van der Waals surface area contributed by atoms with Crippen LogP contribution in [0.15, 0.2) is 24.3 Å². The van der Waals surface area contributed by atoms with Crippen LogP contribution in [0.25, 0.3) is 0 Å². The molecule has 1 aromatic rings. The van der Waals surface area contributed by atoms with Gasteiger partial charge in [0, 0.05) is 25.6 Å². The number of urea groups is 1. The van der Waals surface area contributed by atoms with Crippen molar-refractivity contribution in [2.45, 2.75) is 37.4 Å². The Morgan fingerprint density at radius 3 is 2.70 bits per heavy atom. The summed E-state index contributed by atoms with van der Waals surface area (Å²) < 4.78 is 39.6. The van der Waals surface area contributed by atoms with Gasteiger partial charge in [0.2, 0.25) is 0 Å². The van der Waals surface area contributed by atoms with Crippen LogP contribution in [0.1, 0.15) is 36.3 Å². The van der Waals surface area contributed by atoms with Crippen LogP contribution in [0.3, 0.4) is 0 Å². The third kappa shape index (κ3) is 4.16. The summed E-state index contributed by atoms with van der Waals surface area (Å²) in [7, 11) is 1.54. The van der Waals surface area contributed by atoms with Crippen molar-refractivity contribution in [1.29, 1.82) is 0 Å². The molecule has 2 N–H and O–H groups in total. The van der Waals surface area contributed by atoms with Crippen molar-refractivity contribution in [3.63, 3.8) is 0 Å². The molecule has 0 spiro atoms. The highest BCUT2D eigenvalue weighted by Crippen LogP contribution is 2.41. The number of hydrogen-bond acceptors (Lipinski definition) is 2. The molecule has 4 nitrogen and oxygen atoms in total. The summed E-state index contributed by atoms with van der Waals surface area (Å²) in [6.45, 7) is 0.0251. The second kappa shape index (κ2) is 7.21. The van der Waals surface area contributed by atoms with Gasteiger partial charge in [-0.15, -0.1) is 0 Å². The molecule has 2 amide bonds. The third-order valence-corrected chi connectivity index (χ3v) is 4.27. The van der Waals surface area contributed by atoms with E-state index in [2.05, 4.69) is 5.32 Å². The number of nitrogens with zero attached hydrogens (tertiary/aromatic N) is 1. The fourth-order valence-electron chi connectivity index (χ4n) is 3.10. The summed E-state index contributed by atoms with van der Waals surface area (Å²) in [5.74, 6) is -0.348. The highest BCUT2D eigenvalue weighted by atomic mass is 19.4. The monoisotopic (exact) mass is 330 g/mol. The first kappa shape index (κ1) is 17.6. The van der Waals surface area contributed by atoms with Crippen LogP contribution in [0.2, 0.25) is 0 Å². The number of likely N-dealkylation sites (N-methyl/N-ethyl adjacent to an activating group) is 1. The topological polar surface area (TPSA) is 52.6 Å². The first-order valence-electron chi connectivity index (χ1n) is 7.63. The Bertz CT molecular complexity index is 548. The van der Waals surface area contributed by atoms with Crippen LogP contribution in [-0.2, 0) is 6.18 Å². The van der Waals surface area contributed by atoms with E-state index in [0.717, 1.165) is 12.5 Å². The molecule has 0 bridgehead atoms. The van der Waals surface area contributed by atoms with Gasteiger partial charge in [0.15, 0.2) is 0 Å². The van der Waals surface area contributed by atoms with Gasteiger partial charge in [0.1, 0.15) is 0 Å². The van der Waals surface area contributed by atoms with Crippen molar-refractivity contribution in [1.82, 2.24) is 10.2 Å². The first-order valence-corrected chi connectivity index (χ1v) is 7.63. The highest BCUT2D eigenvalue weighted by molar-refractivity contribution is 5.74. The molecule has 1 aromatic carbocycles. The molecule has 128 valence electrons. The van der Waals surface area contributed by atoms with Gasteiger partial charge in [-0.2, -0.15) is 13.2 Å². The molecular weight excluding hydrogens is 309 g/mol. The number of carbonyl (C=O) groups excluding carboxylic acids is 1. The average Bonchev–Trinajstić information content (AvgIpc) is 2.94. The minimum Gasteiger partial charge on any atom is -0.395 e. The number of alkyl halides is 3. The van der Waals surface area contributed by atoms with Gasteiger partial charge in [-0.25, -0.2) is 4.79 Å². The van der Waals surface area contributed by atoms with Gasteiger partial charge >= 0.3 is 12.2 Å². The minimum absolute atomic E-state index is 0.158. The maximum absolute atomic E-state index is 13.2. The van der Waals surface area contributed by atoms with Crippen molar-refractivity contribution >= 4 is 6.03 Å². The number of aliphatic hydroxyl groups is 1.